The molecule has 2 N–H and O–H groups in total. The molecule has 0 radical (unpaired) electrons. The largest absolute Gasteiger partial charge is 0.481 e. The van der Waals surface area contributed by atoms with Crippen molar-refractivity contribution in [2.45, 2.75) is 25.8 Å². The molecule has 46 heavy (non-hydrogen) atoms. The lowest BCUT2D eigenvalue weighted by atomic mass is 10.0. The van der Waals surface area contributed by atoms with Gasteiger partial charge in [0.25, 0.3) is 0 Å². The number of nitrogens with one attached hydrogen (secondary N) is 1. The van der Waals surface area contributed by atoms with Crippen LogP contribution in [-0.2, 0) is 49.3 Å². The predicted octanol–water partition coefficient (Wildman–Crippen LogP) is 2.40. The zero-order chi connectivity index (χ0) is 32.7. The fourth-order valence-electron chi connectivity index (χ4n) is 4.27. The van der Waals surface area contributed by atoms with E-state index in [1.807, 2.05) is 48.5 Å². The van der Waals surface area contributed by atoms with Gasteiger partial charge in [0.1, 0.15) is 0 Å². The molecule has 2 aromatic carbocycles. The highest BCUT2D eigenvalue weighted by Crippen LogP contribution is 2.25. The van der Waals surface area contributed by atoms with Crippen molar-refractivity contribution in [1.82, 2.24) is 5.32 Å². The summed E-state index contributed by atoms with van der Waals surface area (Å²) in [6.45, 7) is 5.15. The number of benzene rings is 2. The molecule has 250 valence electrons. The van der Waals surface area contributed by atoms with Gasteiger partial charge in [0.2, 0.25) is 11.8 Å². The number of anilines is 1. The van der Waals surface area contributed by atoms with Crippen molar-refractivity contribution in [2.75, 3.05) is 90.7 Å². The molecule has 0 saturated heterocycles. The average Bonchev–Trinajstić information content (AvgIpc) is 3.04. The van der Waals surface area contributed by atoms with E-state index in [0.29, 0.717) is 72.6 Å². The van der Waals surface area contributed by atoms with Gasteiger partial charge in [-0.05, 0) is 23.8 Å². The second-order valence-corrected chi connectivity index (χ2v) is 10.1. The van der Waals surface area contributed by atoms with Gasteiger partial charge >= 0.3 is 5.97 Å². The SMILES string of the molecule is O=C(O)CCOCCOCCOCCOCCOCCOCCC(=O)NCCC(=O)N1Cc2ccccc2C#Cc2ccccc21. The minimum Gasteiger partial charge on any atom is -0.481 e. The maximum absolute atomic E-state index is 13.2. The summed E-state index contributed by atoms with van der Waals surface area (Å²) in [6, 6.07) is 15.4. The van der Waals surface area contributed by atoms with E-state index >= 15 is 0 Å². The molecule has 1 aliphatic rings. The van der Waals surface area contributed by atoms with Crippen molar-refractivity contribution in [3.63, 3.8) is 0 Å². The number of hydrogen-bond donors (Lipinski definition) is 2. The molecule has 0 saturated carbocycles. The second-order valence-electron chi connectivity index (χ2n) is 10.1. The number of carboxylic acid groups (broad SMARTS) is 1. The number of ether oxygens (including phenoxy) is 6. The molecule has 2 aromatic rings. The van der Waals surface area contributed by atoms with E-state index < -0.39 is 5.97 Å². The van der Waals surface area contributed by atoms with Crippen molar-refractivity contribution >= 4 is 23.5 Å². The number of aliphatic carboxylic acids is 1. The summed E-state index contributed by atoms with van der Waals surface area (Å²) in [4.78, 5) is 37.6. The highest BCUT2D eigenvalue weighted by atomic mass is 16.6. The van der Waals surface area contributed by atoms with Crippen LogP contribution in [0.4, 0.5) is 5.69 Å². The van der Waals surface area contributed by atoms with Gasteiger partial charge in [0.15, 0.2) is 0 Å². The Labute approximate surface area is 270 Å². The summed E-state index contributed by atoms with van der Waals surface area (Å²) in [7, 11) is 0. The molecule has 1 heterocycles. The van der Waals surface area contributed by atoms with Gasteiger partial charge in [-0.2, -0.15) is 0 Å². The summed E-state index contributed by atoms with van der Waals surface area (Å²) in [5.74, 6) is 5.25. The molecule has 1 aliphatic heterocycles. The van der Waals surface area contributed by atoms with Crippen LogP contribution in [-0.4, -0.2) is 109 Å². The van der Waals surface area contributed by atoms with E-state index in [1.54, 1.807) is 4.90 Å². The van der Waals surface area contributed by atoms with Crippen LogP contribution in [0.15, 0.2) is 48.5 Å². The molecule has 0 spiro atoms. The van der Waals surface area contributed by atoms with Gasteiger partial charge < -0.3 is 43.7 Å². The smallest absolute Gasteiger partial charge is 0.305 e. The van der Waals surface area contributed by atoms with Crippen molar-refractivity contribution in [1.29, 1.82) is 0 Å². The van der Waals surface area contributed by atoms with Crippen LogP contribution in [0.25, 0.3) is 0 Å². The van der Waals surface area contributed by atoms with Crippen LogP contribution < -0.4 is 10.2 Å². The molecule has 3 rings (SSSR count). The maximum atomic E-state index is 13.2. The first-order valence-electron chi connectivity index (χ1n) is 15.5. The molecule has 0 bridgehead atoms. The molecule has 12 nitrogen and oxygen atoms in total. The van der Waals surface area contributed by atoms with Crippen molar-refractivity contribution < 1.29 is 47.9 Å². The zero-order valence-electron chi connectivity index (χ0n) is 26.2. The Morgan fingerprint density at radius 1 is 0.630 bits per heavy atom. The number of amides is 2. The quantitative estimate of drug-likeness (QED) is 0.130. The lowest BCUT2D eigenvalue weighted by molar-refractivity contribution is -0.138. The number of para-hydroxylation sites is 1. The van der Waals surface area contributed by atoms with Crippen LogP contribution >= 0.6 is 0 Å². The first-order chi connectivity index (χ1) is 22.5. The van der Waals surface area contributed by atoms with Crippen LogP contribution in [0.2, 0.25) is 0 Å². The second kappa shape index (κ2) is 22.6. The summed E-state index contributed by atoms with van der Waals surface area (Å²) in [5, 5.41) is 11.3. The average molecular weight is 641 g/mol. The topological polar surface area (TPSA) is 142 Å². The van der Waals surface area contributed by atoms with Gasteiger partial charge in [-0.25, -0.2) is 0 Å². The van der Waals surface area contributed by atoms with Gasteiger partial charge in [-0.3, -0.25) is 14.4 Å². The summed E-state index contributed by atoms with van der Waals surface area (Å²) >= 11 is 0. The molecular weight excluding hydrogens is 596 g/mol. The minimum atomic E-state index is -0.885. The number of carboxylic acids is 1. The fourth-order valence-corrected chi connectivity index (χ4v) is 4.27. The molecule has 12 heteroatoms. The third kappa shape index (κ3) is 15.0. The summed E-state index contributed by atoms with van der Waals surface area (Å²) in [6.07, 6.45) is 0.346. The van der Waals surface area contributed by atoms with Crippen molar-refractivity contribution in [2.24, 2.45) is 0 Å². The van der Waals surface area contributed by atoms with Gasteiger partial charge in [-0.15, -0.1) is 0 Å². The summed E-state index contributed by atoms with van der Waals surface area (Å²) < 4.78 is 32.2. The third-order valence-corrected chi connectivity index (χ3v) is 6.63. The predicted molar refractivity (Wildman–Crippen MR) is 169 cm³/mol. The van der Waals surface area contributed by atoms with E-state index in [1.165, 1.54) is 0 Å². The van der Waals surface area contributed by atoms with Crippen LogP contribution in [0, 0.1) is 11.8 Å². The number of rotatable bonds is 24. The monoisotopic (exact) mass is 640 g/mol. The first-order valence-corrected chi connectivity index (χ1v) is 15.5. The Kier molecular flexibility index (Phi) is 18.0. The molecule has 0 aromatic heterocycles. The van der Waals surface area contributed by atoms with E-state index in [0.717, 1.165) is 22.4 Å². The number of carbonyl (C=O) groups excluding carboxylic acids is 2. The molecule has 0 atom stereocenters. The zero-order valence-corrected chi connectivity index (χ0v) is 26.2. The van der Waals surface area contributed by atoms with Gasteiger partial charge in [0, 0.05) is 30.5 Å². The number of fused-ring (bicyclic) bond motifs is 2. The van der Waals surface area contributed by atoms with Crippen LogP contribution in [0.1, 0.15) is 36.0 Å². The Bertz CT molecular complexity index is 1280. The van der Waals surface area contributed by atoms with E-state index in [2.05, 4.69) is 17.2 Å². The van der Waals surface area contributed by atoms with E-state index in [-0.39, 0.29) is 50.8 Å². The van der Waals surface area contributed by atoms with Gasteiger partial charge in [0.05, 0.1) is 97.9 Å². The Morgan fingerprint density at radius 2 is 1.11 bits per heavy atom. The highest BCUT2D eigenvalue weighted by Gasteiger charge is 2.21. The molecule has 0 unspecified atom stereocenters. The minimum absolute atomic E-state index is 0.0149. The lowest BCUT2D eigenvalue weighted by Gasteiger charge is -2.26. The van der Waals surface area contributed by atoms with E-state index in [4.69, 9.17) is 33.5 Å². The first kappa shape index (κ1) is 36.6. The normalized spacial score (nSPS) is 11.9. The molecule has 2 amide bonds. The fraction of sp³-hybridized carbons (Fsp3) is 0.500. The van der Waals surface area contributed by atoms with E-state index in [9.17, 15) is 14.4 Å². The third-order valence-electron chi connectivity index (χ3n) is 6.63. The Morgan fingerprint density at radius 3 is 1.70 bits per heavy atom. The number of nitrogens with zero attached hydrogens (tertiary/aromatic N) is 1. The molecular formula is C34H44N2O10. The Hall–Kier alpha value is -3.83. The molecule has 0 aliphatic carbocycles. The van der Waals surface area contributed by atoms with Crippen LogP contribution in [0.3, 0.4) is 0 Å². The molecule has 0 fully saturated rings. The Balaban J connectivity index is 1.13. The standard InChI is InChI=1S/C34H44N2O10/c37-32(12-15-41-17-19-43-21-23-45-25-26-46-24-22-44-20-18-42-16-13-34(39)40)35-14-11-33(38)36-27-30-7-2-1-5-28(30)9-10-29-6-3-4-8-31(29)36/h1-8H,11-27H2,(H,35,37)(H,39,40). The summed E-state index contributed by atoms with van der Waals surface area (Å²) in [5.41, 5.74) is 3.45. The van der Waals surface area contributed by atoms with Crippen molar-refractivity contribution in [3.05, 3.63) is 65.2 Å². The highest BCUT2D eigenvalue weighted by molar-refractivity contribution is 5.95. The van der Waals surface area contributed by atoms with Gasteiger partial charge in [-0.1, -0.05) is 42.2 Å². The maximum Gasteiger partial charge on any atom is 0.305 e. The lowest BCUT2D eigenvalue weighted by Crippen LogP contribution is -2.35. The number of carbonyl (C=O) groups is 3. The van der Waals surface area contributed by atoms with Crippen molar-refractivity contribution in [3.8, 4) is 11.8 Å². The number of hydrogen-bond acceptors (Lipinski definition) is 9. The van der Waals surface area contributed by atoms with Crippen LogP contribution in [0.5, 0.6) is 0 Å².